The third-order valence-electron chi connectivity index (χ3n) is 5.04. The first-order valence-electron chi connectivity index (χ1n) is 7.92. The van der Waals surface area contributed by atoms with Crippen molar-refractivity contribution < 1.29 is 9.47 Å². The summed E-state index contributed by atoms with van der Waals surface area (Å²) < 4.78 is 11.7. The molecule has 0 aliphatic carbocycles. The van der Waals surface area contributed by atoms with Gasteiger partial charge in [0.25, 0.3) is 0 Å². The summed E-state index contributed by atoms with van der Waals surface area (Å²) in [6, 6.07) is 7.04. The molecule has 0 aromatic heterocycles. The molecule has 5 nitrogen and oxygen atoms in total. The standard InChI is InChI=1S/C16H23N3O2/c17-18-16(12-3-4-14-11(8-12)5-7-20-14)15-9-19-6-1-2-13(19)10-21-15/h3-4,8,13,15-16,18H,1-2,5-7,9-10,17H2. The molecule has 3 aliphatic heterocycles. The molecule has 5 heteroatoms. The highest BCUT2D eigenvalue weighted by Gasteiger charge is 2.36. The summed E-state index contributed by atoms with van der Waals surface area (Å²) in [5, 5.41) is 0. The van der Waals surface area contributed by atoms with Crippen LogP contribution in [-0.4, -0.2) is 43.3 Å². The van der Waals surface area contributed by atoms with Crippen LogP contribution in [0.4, 0.5) is 0 Å². The maximum Gasteiger partial charge on any atom is 0.122 e. The molecule has 0 saturated carbocycles. The van der Waals surface area contributed by atoms with E-state index in [9.17, 15) is 0 Å². The van der Waals surface area contributed by atoms with E-state index in [0.29, 0.717) is 6.04 Å². The summed E-state index contributed by atoms with van der Waals surface area (Å²) in [5.74, 6) is 6.85. The SMILES string of the molecule is NNC(c1ccc2c(c1)CCO2)C1CN2CCCC2CO1. The summed E-state index contributed by atoms with van der Waals surface area (Å²) in [6.07, 6.45) is 3.66. The molecule has 114 valence electrons. The Morgan fingerprint density at radius 1 is 1.38 bits per heavy atom. The molecule has 1 aromatic carbocycles. The summed E-state index contributed by atoms with van der Waals surface area (Å²) in [4.78, 5) is 2.55. The Kier molecular flexibility index (Phi) is 3.59. The maximum atomic E-state index is 6.10. The molecule has 1 aromatic rings. The van der Waals surface area contributed by atoms with Gasteiger partial charge in [0.05, 0.1) is 25.4 Å². The van der Waals surface area contributed by atoms with Crippen LogP contribution >= 0.6 is 0 Å². The lowest BCUT2D eigenvalue weighted by Crippen LogP contribution is -2.51. The van der Waals surface area contributed by atoms with Gasteiger partial charge in [-0.25, -0.2) is 0 Å². The minimum Gasteiger partial charge on any atom is -0.493 e. The number of benzene rings is 1. The first kappa shape index (κ1) is 13.5. The molecule has 0 radical (unpaired) electrons. The molecule has 0 amide bonds. The summed E-state index contributed by atoms with van der Waals surface area (Å²) in [7, 11) is 0. The Balaban J connectivity index is 1.54. The highest BCUT2D eigenvalue weighted by Crippen LogP contribution is 2.32. The molecule has 2 saturated heterocycles. The van der Waals surface area contributed by atoms with Crippen LogP contribution in [0.15, 0.2) is 18.2 Å². The third kappa shape index (κ3) is 2.44. The molecule has 4 rings (SSSR count). The van der Waals surface area contributed by atoms with Gasteiger partial charge in [-0.1, -0.05) is 12.1 Å². The van der Waals surface area contributed by atoms with Crippen molar-refractivity contribution in [1.82, 2.24) is 10.3 Å². The van der Waals surface area contributed by atoms with Gasteiger partial charge >= 0.3 is 0 Å². The number of hydrazine groups is 1. The van der Waals surface area contributed by atoms with Gasteiger partial charge in [-0.3, -0.25) is 16.2 Å². The fraction of sp³-hybridized carbons (Fsp3) is 0.625. The van der Waals surface area contributed by atoms with Crippen LogP contribution in [0.25, 0.3) is 0 Å². The van der Waals surface area contributed by atoms with Gasteiger partial charge in [-0.05, 0) is 36.6 Å². The number of hydrogen-bond donors (Lipinski definition) is 2. The van der Waals surface area contributed by atoms with Crippen LogP contribution in [-0.2, 0) is 11.2 Å². The fourth-order valence-electron chi connectivity index (χ4n) is 3.86. The molecule has 3 N–H and O–H groups in total. The average molecular weight is 289 g/mol. The summed E-state index contributed by atoms with van der Waals surface area (Å²) in [6.45, 7) is 3.78. The number of nitrogens with one attached hydrogen (secondary N) is 1. The molecule has 3 unspecified atom stereocenters. The molecule has 21 heavy (non-hydrogen) atoms. The molecule has 3 atom stereocenters. The van der Waals surface area contributed by atoms with E-state index in [4.69, 9.17) is 15.3 Å². The minimum atomic E-state index is 0.0393. The number of morpholine rings is 1. The number of ether oxygens (including phenoxy) is 2. The second-order valence-electron chi connectivity index (χ2n) is 6.27. The average Bonchev–Trinajstić information content (AvgIpc) is 3.15. The Hall–Kier alpha value is -1.14. The van der Waals surface area contributed by atoms with E-state index in [1.165, 1.54) is 30.5 Å². The van der Waals surface area contributed by atoms with E-state index >= 15 is 0 Å². The van der Waals surface area contributed by atoms with Crippen LogP contribution in [0.5, 0.6) is 5.75 Å². The molecule has 3 aliphatic rings. The second kappa shape index (κ2) is 5.57. The number of hydrogen-bond acceptors (Lipinski definition) is 5. The largest absolute Gasteiger partial charge is 0.493 e. The van der Waals surface area contributed by atoms with Gasteiger partial charge < -0.3 is 9.47 Å². The molecule has 2 fully saturated rings. The van der Waals surface area contributed by atoms with Crippen LogP contribution in [0.2, 0.25) is 0 Å². The predicted octanol–water partition coefficient (Wildman–Crippen LogP) is 0.989. The first-order valence-corrected chi connectivity index (χ1v) is 7.92. The zero-order chi connectivity index (χ0) is 14.2. The van der Waals surface area contributed by atoms with E-state index in [0.717, 1.165) is 31.9 Å². The van der Waals surface area contributed by atoms with E-state index in [1.54, 1.807) is 0 Å². The zero-order valence-corrected chi connectivity index (χ0v) is 12.3. The highest BCUT2D eigenvalue weighted by atomic mass is 16.5. The van der Waals surface area contributed by atoms with Crippen molar-refractivity contribution in [3.63, 3.8) is 0 Å². The topological polar surface area (TPSA) is 59.8 Å². The second-order valence-corrected chi connectivity index (χ2v) is 6.27. The van der Waals surface area contributed by atoms with Gasteiger partial charge in [0.15, 0.2) is 0 Å². The van der Waals surface area contributed by atoms with E-state index in [-0.39, 0.29) is 12.1 Å². The van der Waals surface area contributed by atoms with Crippen molar-refractivity contribution in [2.45, 2.75) is 37.5 Å². The van der Waals surface area contributed by atoms with E-state index in [2.05, 4.69) is 28.5 Å². The van der Waals surface area contributed by atoms with Crippen LogP contribution in [0.1, 0.15) is 30.0 Å². The first-order chi connectivity index (χ1) is 10.3. The monoisotopic (exact) mass is 289 g/mol. The van der Waals surface area contributed by atoms with Crippen LogP contribution in [0, 0.1) is 0 Å². The lowest BCUT2D eigenvalue weighted by Gasteiger charge is -2.38. The lowest BCUT2D eigenvalue weighted by molar-refractivity contribution is -0.0653. The molecule has 0 bridgehead atoms. The van der Waals surface area contributed by atoms with Gasteiger partial charge in [0, 0.05) is 19.0 Å². The molecule has 0 spiro atoms. The Labute approximate surface area is 125 Å². The quantitative estimate of drug-likeness (QED) is 0.642. The van der Waals surface area contributed by atoms with Gasteiger partial charge in [0.1, 0.15) is 5.75 Å². The predicted molar refractivity (Wildman–Crippen MR) is 80.0 cm³/mol. The van der Waals surface area contributed by atoms with Crippen molar-refractivity contribution in [2.75, 3.05) is 26.3 Å². The third-order valence-corrected chi connectivity index (χ3v) is 5.04. The van der Waals surface area contributed by atoms with Crippen molar-refractivity contribution in [2.24, 2.45) is 5.84 Å². The van der Waals surface area contributed by atoms with Crippen molar-refractivity contribution >= 4 is 0 Å². The van der Waals surface area contributed by atoms with Crippen molar-refractivity contribution in [3.8, 4) is 5.75 Å². The number of rotatable bonds is 3. The number of nitrogens with two attached hydrogens (primary N) is 1. The van der Waals surface area contributed by atoms with Gasteiger partial charge in [0.2, 0.25) is 0 Å². The smallest absolute Gasteiger partial charge is 0.122 e. The normalized spacial score (nSPS) is 29.8. The fourth-order valence-corrected chi connectivity index (χ4v) is 3.86. The van der Waals surface area contributed by atoms with Gasteiger partial charge in [-0.15, -0.1) is 0 Å². The summed E-state index contributed by atoms with van der Waals surface area (Å²) >= 11 is 0. The van der Waals surface area contributed by atoms with Crippen LogP contribution in [0.3, 0.4) is 0 Å². The highest BCUT2D eigenvalue weighted by molar-refractivity contribution is 5.41. The minimum absolute atomic E-state index is 0.0393. The molecular weight excluding hydrogens is 266 g/mol. The Bertz CT molecular complexity index is 522. The number of nitrogens with zero attached hydrogens (tertiary/aromatic N) is 1. The van der Waals surface area contributed by atoms with Crippen molar-refractivity contribution in [1.29, 1.82) is 0 Å². The Morgan fingerprint density at radius 2 is 2.33 bits per heavy atom. The van der Waals surface area contributed by atoms with E-state index < -0.39 is 0 Å². The summed E-state index contributed by atoms with van der Waals surface area (Å²) in [5.41, 5.74) is 5.45. The van der Waals surface area contributed by atoms with Gasteiger partial charge in [-0.2, -0.15) is 0 Å². The maximum absolute atomic E-state index is 6.10. The lowest BCUT2D eigenvalue weighted by atomic mass is 9.97. The zero-order valence-electron chi connectivity index (χ0n) is 12.3. The van der Waals surface area contributed by atoms with Crippen LogP contribution < -0.4 is 16.0 Å². The number of fused-ring (bicyclic) bond motifs is 2. The molecular formula is C16H23N3O2. The Morgan fingerprint density at radius 3 is 3.24 bits per heavy atom. The van der Waals surface area contributed by atoms with Crippen molar-refractivity contribution in [3.05, 3.63) is 29.3 Å². The molecule has 3 heterocycles. The van der Waals surface area contributed by atoms with E-state index in [1.807, 2.05) is 0 Å².